The standard InChI is InChI=1S/C16H23N3O2/c17-14-10-12(16(20)19-7-1-2-8-19)5-6-15(14)18-11-13-4-3-9-21-13/h5-6,10,13,18H,1-4,7-9,11,17H2/t13-/m0/s1. The Morgan fingerprint density at radius 2 is 2.14 bits per heavy atom. The van der Waals surface area contributed by atoms with E-state index in [1.54, 1.807) is 6.07 Å². The van der Waals surface area contributed by atoms with Crippen molar-refractivity contribution in [2.75, 3.05) is 37.3 Å². The van der Waals surface area contributed by atoms with Gasteiger partial charge in [-0.25, -0.2) is 0 Å². The van der Waals surface area contributed by atoms with E-state index >= 15 is 0 Å². The summed E-state index contributed by atoms with van der Waals surface area (Å²) in [6.07, 6.45) is 4.70. The monoisotopic (exact) mass is 289 g/mol. The summed E-state index contributed by atoms with van der Waals surface area (Å²) in [7, 11) is 0. The Morgan fingerprint density at radius 3 is 2.81 bits per heavy atom. The molecule has 3 rings (SSSR count). The van der Waals surface area contributed by atoms with E-state index < -0.39 is 0 Å². The van der Waals surface area contributed by atoms with E-state index in [0.29, 0.717) is 11.3 Å². The molecular formula is C16H23N3O2. The van der Waals surface area contributed by atoms with E-state index in [1.807, 2.05) is 17.0 Å². The molecule has 2 aliphatic rings. The highest BCUT2D eigenvalue weighted by atomic mass is 16.5. The third-order valence-electron chi connectivity index (χ3n) is 4.24. The Bertz CT molecular complexity index is 506. The molecule has 21 heavy (non-hydrogen) atoms. The number of nitrogens with zero attached hydrogens (tertiary/aromatic N) is 1. The molecule has 1 amide bonds. The lowest BCUT2D eigenvalue weighted by Gasteiger charge is -2.17. The van der Waals surface area contributed by atoms with E-state index in [2.05, 4.69) is 5.32 Å². The molecule has 5 heteroatoms. The SMILES string of the molecule is Nc1cc(C(=O)N2CCCC2)ccc1NC[C@@H]1CCCO1. The summed E-state index contributed by atoms with van der Waals surface area (Å²) < 4.78 is 5.58. The quantitative estimate of drug-likeness (QED) is 0.833. The minimum Gasteiger partial charge on any atom is -0.397 e. The normalized spacial score (nSPS) is 21.7. The number of hydrogen-bond acceptors (Lipinski definition) is 4. The van der Waals surface area contributed by atoms with Gasteiger partial charge < -0.3 is 20.7 Å². The van der Waals surface area contributed by atoms with E-state index in [-0.39, 0.29) is 12.0 Å². The van der Waals surface area contributed by atoms with Gasteiger partial charge in [0.2, 0.25) is 0 Å². The van der Waals surface area contributed by atoms with Crippen molar-refractivity contribution in [1.82, 2.24) is 4.90 Å². The Labute approximate surface area is 125 Å². The highest BCUT2D eigenvalue weighted by Crippen LogP contribution is 2.23. The summed E-state index contributed by atoms with van der Waals surface area (Å²) in [5.74, 6) is 0.0878. The molecule has 2 aliphatic heterocycles. The highest BCUT2D eigenvalue weighted by Gasteiger charge is 2.20. The first-order valence-electron chi connectivity index (χ1n) is 7.78. The van der Waals surface area contributed by atoms with Gasteiger partial charge in [-0.05, 0) is 43.9 Å². The largest absolute Gasteiger partial charge is 0.397 e. The van der Waals surface area contributed by atoms with Crippen LogP contribution in [0.3, 0.4) is 0 Å². The van der Waals surface area contributed by atoms with Crippen molar-refractivity contribution < 1.29 is 9.53 Å². The molecule has 0 spiro atoms. The van der Waals surface area contributed by atoms with Gasteiger partial charge in [0, 0.05) is 31.8 Å². The lowest BCUT2D eigenvalue weighted by molar-refractivity contribution is 0.0793. The number of hydrogen-bond donors (Lipinski definition) is 2. The number of ether oxygens (including phenoxy) is 1. The van der Waals surface area contributed by atoms with Gasteiger partial charge in [0.1, 0.15) is 0 Å². The molecule has 0 bridgehead atoms. The number of nitrogens with one attached hydrogen (secondary N) is 1. The third-order valence-corrected chi connectivity index (χ3v) is 4.24. The zero-order valence-corrected chi connectivity index (χ0v) is 12.3. The maximum Gasteiger partial charge on any atom is 0.253 e. The van der Waals surface area contributed by atoms with Gasteiger partial charge in [0.15, 0.2) is 0 Å². The van der Waals surface area contributed by atoms with Gasteiger partial charge in [0.25, 0.3) is 5.91 Å². The topological polar surface area (TPSA) is 67.6 Å². The number of carbonyl (C=O) groups excluding carboxylic acids is 1. The van der Waals surface area contributed by atoms with Crippen LogP contribution < -0.4 is 11.1 Å². The van der Waals surface area contributed by atoms with Gasteiger partial charge in [-0.2, -0.15) is 0 Å². The molecule has 1 aromatic rings. The van der Waals surface area contributed by atoms with Crippen LogP contribution in [0.15, 0.2) is 18.2 Å². The molecule has 0 saturated carbocycles. The van der Waals surface area contributed by atoms with Crippen LogP contribution in [0, 0.1) is 0 Å². The van der Waals surface area contributed by atoms with Crippen molar-refractivity contribution in [2.24, 2.45) is 0 Å². The zero-order valence-electron chi connectivity index (χ0n) is 12.3. The van der Waals surface area contributed by atoms with E-state index in [9.17, 15) is 4.79 Å². The number of benzene rings is 1. The predicted octanol–water partition coefficient (Wildman–Crippen LogP) is 2.10. The number of anilines is 2. The predicted molar refractivity (Wildman–Crippen MR) is 83.5 cm³/mol. The van der Waals surface area contributed by atoms with Crippen molar-refractivity contribution in [3.63, 3.8) is 0 Å². The summed E-state index contributed by atoms with van der Waals surface area (Å²) >= 11 is 0. The summed E-state index contributed by atoms with van der Waals surface area (Å²) in [6, 6.07) is 5.53. The van der Waals surface area contributed by atoms with E-state index in [0.717, 1.165) is 57.6 Å². The van der Waals surface area contributed by atoms with Crippen LogP contribution in [0.2, 0.25) is 0 Å². The summed E-state index contributed by atoms with van der Waals surface area (Å²) in [5.41, 5.74) is 8.25. The first-order chi connectivity index (χ1) is 10.2. The highest BCUT2D eigenvalue weighted by molar-refractivity contribution is 5.96. The second kappa shape index (κ2) is 6.35. The third kappa shape index (κ3) is 3.29. The number of nitrogen functional groups attached to an aromatic ring is 1. The van der Waals surface area contributed by atoms with Crippen molar-refractivity contribution in [2.45, 2.75) is 31.8 Å². The van der Waals surface area contributed by atoms with Crippen molar-refractivity contribution in [3.05, 3.63) is 23.8 Å². The molecule has 5 nitrogen and oxygen atoms in total. The molecule has 1 aromatic carbocycles. The molecule has 0 aliphatic carbocycles. The Kier molecular flexibility index (Phi) is 4.29. The van der Waals surface area contributed by atoms with Gasteiger partial charge in [-0.15, -0.1) is 0 Å². The van der Waals surface area contributed by atoms with Gasteiger partial charge in [-0.1, -0.05) is 0 Å². The fourth-order valence-corrected chi connectivity index (χ4v) is 2.99. The van der Waals surface area contributed by atoms with Crippen molar-refractivity contribution >= 4 is 17.3 Å². The molecule has 0 unspecified atom stereocenters. The fraction of sp³-hybridized carbons (Fsp3) is 0.562. The van der Waals surface area contributed by atoms with Crippen molar-refractivity contribution in [3.8, 4) is 0 Å². The van der Waals surface area contributed by atoms with Crippen LogP contribution in [0.5, 0.6) is 0 Å². The van der Waals surface area contributed by atoms with Crippen LogP contribution >= 0.6 is 0 Å². The van der Waals surface area contributed by atoms with Crippen LogP contribution in [-0.4, -0.2) is 43.2 Å². The van der Waals surface area contributed by atoms with Crippen LogP contribution in [0.25, 0.3) is 0 Å². The van der Waals surface area contributed by atoms with Crippen LogP contribution in [0.4, 0.5) is 11.4 Å². The number of carbonyl (C=O) groups is 1. The molecule has 0 aromatic heterocycles. The summed E-state index contributed by atoms with van der Waals surface area (Å²) in [6.45, 7) is 3.34. The van der Waals surface area contributed by atoms with Gasteiger partial charge in [-0.3, -0.25) is 4.79 Å². The van der Waals surface area contributed by atoms with Crippen LogP contribution in [0.1, 0.15) is 36.0 Å². The lowest BCUT2D eigenvalue weighted by Crippen LogP contribution is -2.27. The average Bonchev–Trinajstić information content (AvgIpc) is 3.18. The number of likely N-dealkylation sites (tertiary alicyclic amines) is 1. The molecule has 114 valence electrons. The average molecular weight is 289 g/mol. The molecule has 2 heterocycles. The summed E-state index contributed by atoms with van der Waals surface area (Å²) in [4.78, 5) is 14.2. The first-order valence-corrected chi connectivity index (χ1v) is 7.78. The smallest absolute Gasteiger partial charge is 0.253 e. The van der Waals surface area contributed by atoms with Crippen LogP contribution in [-0.2, 0) is 4.74 Å². The second-order valence-corrected chi connectivity index (χ2v) is 5.82. The van der Waals surface area contributed by atoms with Gasteiger partial charge in [0.05, 0.1) is 17.5 Å². The van der Waals surface area contributed by atoms with Gasteiger partial charge >= 0.3 is 0 Å². The fourth-order valence-electron chi connectivity index (χ4n) is 2.99. The Hall–Kier alpha value is -1.75. The Balaban J connectivity index is 1.63. The minimum absolute atomic E-state index is 0.0878. The number of amides is 1. The maximum atomic E-state index is 12.3. The maximum absolute atomic E-state index is 12.3. The molecule has 2 saturated heterocycles. The van der Waals surface area contributed by atoms with E-state index in [1.165, 1.54) is 0 Å². The first kappa shape index (κ1) is 14.2. The number of nitrogens with two attached hydrogens (primary N) is 1. The Morgan fingerprint density at radius 1 is 1.33 bits per heavy atom. The molecule has 1 atom stereocenters. The molecule has 0 radical (unpaired) electrons. The number of rotatable bonds is 4. The second-order valence-electron chi connectivity index (χ2n) is 5.82. The minimum atomic E-state index is 0.0878. The molecule has 3 N–H and O–H groups in total. The van der Waals surface area contributed by atoms with E-state index in [4.69, 9.17) is 10.5 Å². The zero-order chi connectivity index (χ0) is 14.7. The lowest BCUT2D eigenvalue weighted by atomic mass is 10.1. The molecular weight excluding hydrogens is 266 g/mol. The molecule has 2 fully saturated rings. The van der Waals surface area contributed by atoms with Crippen molar-refractivity contribution in [1.29, 1.82) is 0 Å². The summed E-state index contributed by atoms with van der Waals surface area (Å²) in [5, 5.41) is 3.32.